The third-order valence-electron chi connectivity index (χ3n) is 6.80. The number of carbonyl (C=O) groups is 2. The molecule has 0 aliphatic carbocycles. The van der Waals surface area contributed by atoms with Crippen molar-refractivity contribution in [1.82, 2.24) is 15.1 Å². The van der Waals surface area contributed by atoms with Gasteiger partial charge in [0.25, 0.3) is 0 Å². The summed E-state index contributed by atoms with van der Waals surface area (Å²) in [5.41, 5.74) is 6.31. The fourth-order valence-electron chi connectivity index (χ4n) is 4.28. The second-order valence-electron chi connectivity index (χ2n) is 9.60. The zero-order valence-electron chi connectivity index (χ0n) is 19.5. The van der Waals surface area contributed by atoms with Gasteiger partial charge in [-0.05, 0) is 23.7 Å². The lowest BCUT2D eigenvalue weighted by atomic mass is 10.0. The largest absolute Gasteiger partial charge is 0.374 e. The second kappa shape index (κ2) is 9.40. The highest BCUT2D eigenvalue weighted by Crippen LogP contribution is 2.34. The number of nitrogens with one attached hydrogen (secondary N) is 1. The van der Waals surface area contributed by atoms with Crippen molar-refractivity contribution in [3.05, 3.63) is 36.4 Å². The zero-order valence-corrected chi connectivity index (χ0v) is 21.3. The predicted octanol–water partition coefficient (Wildman–Crippen LogP) is 1.96. The molecule has 3 N–H and O–H groups in total. The number of fused-ring (bicyclic) bond motifs is 1. The van der Waals surface area contributed by atoms with Crippen LogP contribution >= 0.6 is 0 Å². The Morgan fingerprint density at radius 2 is 1.94 bits per heavy atom. The van der Waals surface area contributed by atoms with Gasteiger partial charge in [0.05, 0.1) is 36.6 Å². The highest BCUT2D eigenvalue weighted by atomic mass is 32.2. The van der Waals surface area contributed by atoms with Gasteiger partial charge in [0.2, 0.25) is 5.91 Å². The van der Waals surface area contributed by atoms with Crippen LogP contribution in [0.3, 0.4) is 0 Å². The van der Waals surface area contributed by atoms with Crippen LogP contribution in [0.1, 0.15) is 23.7 Å². The van der Waals surface area contributed by atoms with Crippen molar-refractivity contribution < 1.29 is 27.5 Å². The Kier molecular flexibility index (Phi) is 6.87. The van der Waals surface area contributed by atoms with Crippen molar-refractivity contribution in [1.29, 1.82) is 0 Å². The van der Waals surface area contributed by atoms with E-state index >= 15 is 0 Å². The van der Waals surface area contributed by atoms with Crippen LogP contribution in [0.15, 0.2) is 24.4 Å². The molecule has 0 saturated carbocycles. The van der Waals surface area contributed by atoms with Crippen LogP contribution in [0, 0.1) is 6.42 Å². The van der Waals surface area contributed by atoms with Crippen LogP contribution in [-0.2, 0) is 24.1 Å². The number of nitrogens with zero attached hydrogens (tertiary/aromatic N) is 2. The number of ether oxygens (including phenoxy) is 2. The van der Waals surface area contributed by atoms with Crippen molar-refractivity contribution in [2.45, 2.75) is 43.0 Å². The molecule has 2 saturated heterocycles. The Morgan fingerprint density at radius 1 is 1.26 bits per heavy atom. The first-order valence-corrected chi connectivity index (χ1v) is 16.3. The molecule has 3 heterocycles. The number of aromatic nitrogens is 2. The van der Waals surface area contributed by atoms with Gasteiger partial charge in [-0.2, -0.15) is 5.10 Å². The molecule has 1 atom stereocenters. The molecular formula is C22H31N4O6SSi. The molecule has 2 aromatic rings. The van der Waals surface area contributed by atoms with E-state index < -0.39 is 34.5 Å². The standard InChI is InChI=1S/C22H31N4O6SSi/c1-34(2,21(23)28)12-11-33(29,30)19(16-3-4-18-17(13-16)15-24-25-18)14-20(27)26-7-5-22(6-8-26)31-9-10-32-22/h3-4,13-15,19H,5-12H2,1-2H3,(H2,23,28)(H,24,25). The van der Waals surface area contributed by atoms with Crippen molar-refractivity contribution in [2.75, 3.05) is 32.1 Å². The van der Waals surface area contributed by atoms with E-state index in [-0.39, 0.29) is 17.7 Å². The molecule has 185 valence electrons. The van der Waals surface area contributed by atoms with Crippen molar-refractivity contribution in [2.24, 2.45) is 5.73 Å². The number of likely N-dealkylation sites (tertiary alicyclic amines) is 1. The molecule has 12 heteroatoms. The average molecular weight is 508 g/mol. The minimum Gasteiger partial charge on any atom is -0.374 e. The molecule has 1 spiro atoms. The summed E-state index contributed by atoms with van der Waals surface area (Å²) in [5, 5.41) is 6.44. The SMILES string of the molecule is C[Si](C)(CCS(=O)(=O)C([CH]C(=O)N1CCC2(CC1)OCCO2)c1ccc2[nH]ncc2c1)C(N)=O. The molecule has 2 aliphatic heterocycles. The third kappa shape index (κ3) is 5.19. The summed E-state index contributed by atoms with van der Waals surface area (Å²) in [7, 11) is -6.36. The van der Waals surface area contributed by atoms with Crippen LogP contribution in [0.5, 0.6) is 0 Å². The summed E-state index contributed by atoms with van der Waals surface area (Å²) in [5.74, 6) is -1.20. The van der Waals surface area contributed by atoms with Crippen LogP contribution in [-0.4, -0.2) is 80.9 Å². The Bertz CT molecular complexity index is 1170. The number of hydrogen-bond acceptors (Lipinski definition) is 7. The zero-order chi connectivity index (χ0) is 24.6. The van der Waals surface area contributed by atoms with Gasteiger partial charge in [-0.25, -0.2) is 8.42 Å². The monoisotopic (exact) mass is 507 g/mol. The van der Waals surface area contributed by atoms with Crippen LogP contribution in [0.4, 0.5) is 4.79 Å². The molecule has 0 bridgehead atoms. The van der Waals surface area contributed by atoms with Crippen molar-refractivity contribution in [3.63, 3.8) is 0 Å². The average Bonchev–Trinajstić information content (AvgIpc) is 3.45. The van der Waals surface area contributed by atoms with Crippen molar-refractivity contribution in [3.8, 4) is 0 Å². The summed E-state index contributed by atoms with van der Waals surface area (Å²) in [6.45, 7) is 5.44. The van der Waals surface area contributed by atoms with Gasteiger partial charge >= 0.3 is 0 Å². The molecule has 4 rings (SSSR count). The Balaban J connectivity index is 1.54. The fourth-order valence-corrected chi connectivity index (χ4v) is 8.85. The highest BCUT2D eigenvalue weighted by molar-refractivity contribution is 7.91. The van der Waals surface area contributed by atoms with Crippen LogP contribution in [0.2, 0.25) is 19.1 Å². The number of sulfone groups is 1. The molecule has 10 nitrogen and oxygen atoms in total. The Labute approximate surface area is 200 Å². The maximum atomic E-state index is 13.5. The summed E-state index contributed by atoms with van der Waals surface area (Å²) < 4.78 is 38.4. The lowest BCUT2D eigenvalue weighted by Gasteiger charge is -2.38. The van der Waals surface area contributed by atoms with Gasteiger partial charge in [-0.15, -0.1) is 0 Å². The van der Waals surface area contributed by atoms with Crippen LogP contribution in [0.25, 0.3) is 10.9 Å². The first kappa shape index (κ1) is 24.8. The van der Waals surface area contributed by atoms with E-state index in [1.165, 1.54) is 6.42 Å². The number of carbonyl (C=O) groups excluding carboxylic acids is 2. The minimum atomic E-state index is -3.81. The number of H-pyrrole nitrogens is 1. The maximum Gasteiger partial charge on any atom is 0.228 e. The van der Waals surface area contributed by atoms with Crippen LogP contribution < -0.4 is 5.73 Å². The van der Waals surface area contributed by atoms with Gasteiger partial charge in [0, 0.05) is 37.1 Å². The number of aromatic amines is 1. The molecule has 1 unspecified atom stereocenters. The molecule has 1 aromatic carbocycles. The molecule has 2 aliphatic rings. The van der Waals surface area contributed by atoms with E-state index in [1.54, 1.807) is 42.4 Å². The molecule has 2 amide bonds. The molecule has 1 radical (unpaired) electrons. The summed E-state index contributed by atoms with van der Waals surface area (Å²) in [4.78, 5) is 26.6. The summed E-state index contributed by atoms with van der Waals surface area (Å²) in [6.07, 6.45) is 3.98. The van der Waals surface area contributed by atoms with E-state index in [1.807, 2.05) is 0 Å². The normalized spacial score (nSPS) is 19.5. The second-order valence-corrected chi connectivity index (χ2v) is 16.6. The lowest BCUT2D eigenvalue weighted by Crippen LogP contribution is -2.48. The van der Waals surface area contributed by atoms with Crippen molar-refractivity contribution >= 4 is 40.3 Å². The fraction of sp³-hybridized carbons (Fsp3) is 0.545. The Morgan fingerprint density at radius 3 is 2.59 bits per heavy atom. The molecule has 1 aromatic heterocycles. The minimum absolute atomic E-state index is 0.193. The van der Waals surface area contributed by atoms with Gasteiger partial charge < -0.3 is 20.1 Å². The highest BCUT2D eigenvalue weighted by Gasteiger charge is 2.42. The van der Waals surface area contributed by atoms with E-state index in [9.17, 15) is 18.0 Å². The number of primary amides is 1. The van der Waals surface area contributed by atoms with Gasteiger partial charge in [0.15, 0.2) is 29.2 Å². The third-order valence-corrected chi connectivity index (χ3v) is 12.0. The molecule has 2 fully saturated rings. The van der Waals surface area contributed by atoms with Gasteiger partial charge in [-0.1, -0.05) is 19.2 Å². The van der Waals surface area contributed by atoms with E-state index in [4.69, 9.17) is 15.2 Å². The number of amides is 2. The molecule has 34 heavy (non-hydrogen) atoms. The number of hydrogen-bond donors (Lipinski definition) is 2. The topological polar surface area (TPSA) is 145 Å². The number of rotatable bonds is 8. The smallest absolute Gasteiger partial charge is 0.228 e. The number of nitrogens with two attached hydrogens (primary N) is 1. The number of benzene rings is 1. The maximum absolute atomic E-state index is 13.5. The van der Waals surface area contributed by atoms with E-state index in [2.05, 4.69) is 10.2 Å². The summed E-state index contributed by atoms with van der Waals surface area (Å²) in [6, 6.07) is 5.36. The first-order chi connectivity index (χ1) is 16.0. The van der Waals surface area contributed by atoms with Gasteiger partial charge in [0.1, 0.15) is 0 Å². The first-order valence-electron chi connectivity index (χ1n) is 11.4. The van der Waals surface area contributed by atoms with E-state index in [0.717, 1.165) is 10.9 Å². The van der Waals surface area contributed by atoms with E-state index in [0.29, 0.717) is 44.7 Å². The number of piperidine rings is 1. The van der Waals surface area contributed by atoms with Gasteiger partial charge in [-0.3, -0.25) is 14.7 Å². The predicted molar refractivity (Wildman–Crippen MR) is 129 cm³/mol. The lowest BCUT2D eigenvalue weighted by molar-refractivity contribution is -0.186. The molecular weight excluding hydrogens is 476 g/mol. The Hall–Kier alpha value is -2.28. The quantitative estimate of drug-likeness (QED) is 0.520. The summed E-state index contributed by atoms with van der Waals surface area (Å²) >= 11 is 0.